The lowest BCUT2D eigenvalue weighted by Gasteiger charge is -2.31. The van der Waals surface area contributed by atoms with Crippen LogP contribution in [0.25, 0.3) is 22.3 Å². The number of carbonyl (C=O) groups excluding carboxylic acids is 1. The third-order valence-corrected chi connectivity index (χ3v) is 6.10. The SMILES string of the molecule is CC(C)(C)OC(=O)N[C@H]1CCC[C@@H](Oc2cnc3cccnc3c2-c2cc(Nc3cnc(C#N)cn3)n[nH]2)C1. The highest BCUT2D eigenvalue weighted by molar-refractivity contribution is 5.93. The Morgan fingerprint density at radius 1 is 1.13 bits per heavy atom. The van der Waals surface area contributed by atoms with Gasteiger partial charge in [-0.1, -0.05) is 0 Å². The summed E-state index contributed by atoms with van der Waals surface area (Å²) in [4.78, 5) is 29.7. The average molecular weight is 528 g/mol. The summed E-state index contributed by atoms with van der Waals surface area (Å²) < 4.78 is 11.9. The van der Waals surface area contributed by atoms with Gasteiger partial charge < -0.3 is 20.1 Å². The smallest absolute Gasteiger partial charge is 0.407 e. The van der Waals surface area contributed by atoms with Gasteiger partial charge in [-0.05, 0) is 52.2 Å². The van der Waals surface area contributed by atoms with E-state index < -0.39 is 11.7 Å². The van der Waals surface area contributed by atoms with Crippen molar-refractivity contribution in [3.05, 3.63) is 48.7 Å². The molecule has 200 valence electrons. The number of carbonyl (C=O) groups is 1. The molecule has 1 saturated carbocycles. The molecule has 0 radical (unpaired) electrons. The normalized spacial score (nSPS) is 17.3. The molecule has 12 heteroatoms. The number of nitrogens with zero attached hydrogens (tertiary/aromatic N) is 6. The Morgan fingerprint density at radius 3 is 2.77 bits per heavy atom. The van der Waals surface area contributed by atoms with E-state index in [1.807, 2.05) is 45.0 Å². The third-order valence-electron chi connectivity index (χ3n) is 6.10. The number of fused-ring (bicyclic) bond motifs is 1. The van der Waals surface area contributed by atoms with E-state index >= 15 is 0 Å². The molecule has 0 saturated heterocycles. The largest absolute Gasteiger partial charge is 0.488 e. The van der Waals surface area contributed by atoms with Crippen LogP contribution in [-0.2, 0) is 4.74 Å². The van der Waals surface area contributed by atoms with E-state index in [2.05, 4.69) is 40.8 Å². The Hall–Kier alpha value is -4.79. The molecule has 1 fully saturated rings. The van der Waals surface area contributed by atoms with Crippen LogP contribution in [0.15, 0.2) is 43.0 Å². The zero-order valence-corrected chi connectivity index (χ0v) is 21.9. The Morgan fingerprint density at radius 2 is 2.00 bits per heavy atom. The molecule has 4 aromatic rings. The van der Waals surface area contributed by atoms with Crippen LogP contribution in [-0.4, -0.2) is 54.0 Å². The lowest BCUT2D eigenvalue weighted by atomic mass is 9.93. The number of ether oxygens (including phenoxy) is 2. The second-order valence-corrected chi connectivity index (χ2v) is 10.3. The van der Waals surface area contributed by atoms with Gasteiger partial charge in [0.15, 0.2) is 11.5 Å². The van der Waals surface area contributed by atoms with Crippen LogP contribution in [0.4, 0.5) is 16.4 Å². The maximum absolute atomic E-state index is 12.3. The summed E-state index contributed by atoms with van der Waals surface area (Å²) in [6, 6.07) is 7.44. The monoisotopic (exact) mass is 527 g/mol. The standard InChI is InChI=1S/C27H29N9O3/c1-27(2,3)39-26(37)33-16-6-4-7-18(10-16)38-21-14-31-19-8-5-9-29-25(19)24(21)20-11-22(36-35-20)34-23-15-30-17(12-28)13-32-23/h5,8-9,11,13-16,18H,4,6-7,10H2,1-3H3,(H,33,37)(H2,32,34,35,36)/t16-,18+/m0/s1. The van der Waals surface area contributed by atoms with Gasteiger partial charge in [0.25, 0.3) is 0 Å². The molecule has 4 heterocycles. The molecule has 39 heavy (non-hydrogen) atoms. The molecule has 0 bridgehead atoms. The molecule has 0 unspecified atom stereocenters. The van der Waals surface area contributed by atoms with Gasteiger partial charge in [-0.2, -0.15) is 10.4 Å². The quantitative estimate of drug-likeness (QED) is 0.322. The highest BCUT2D eigenvalue weighted by Gasteiger charge is 2.28. The van der Waals surface area contributed by atoms with Gasteiger partial charge in [-0.3, -0.25) is 15.1 Å². The Bertz CT molecular complexity index is 1510. The van der Waals surface area contributed by atoms with Crippen molar-refractivity contribution in [2.75, 3.05) is 5.32 Å². The van der Waals surface area contributed by atoms with E-state index in [9.17, 15) is 4.79 Å². The number of H-pyrrole nitrogens is 1. The van der Waals surface area contributed by atoms with Crippen LogP contribution in [0.5, 0.6) is 5.75 Å². The van der Waals surface area contributed by atoms with Crippen molar-refractivity contribution in [2.45, 2.75) is 64.2 Å². The minimum atomic E-state index is -0.558. The van der Waals surface area contributed by atoms with Crippen molar-refractivity contribution >= 4 is 28.8 Å². The topological polar surface area (TPSA) is 164 Å². The molecular formula is C27H29N9O3. The molecule has 12 nitrogen and oxygen atoms in total. The van der Waals surface area contributed by atoms with E-state index in [4.69, 9.17) is 14.7 Å². The predicted octanol–water partition coefficient (Wildman–Crippen LogP) is 4.64. The van der Waals surface area contributed by atoms with Crippen LogP contribution in [0, 0.1) is 11.3 Å². The summed E-state index contributed by atoms with van der Waals surface area (Å²) in [5.74, 6) is 1.53. The van der Waals surface area contributed by atoms with Gasteiger partial charge in [-0.25, -0.2) is 14.8 Å². The lowest BCUT2D eigenvalue weighted by molar-refractivity contribution is 0.0463. The van der Waals surface area contributed by atoms with Gasteiger partial charge in [0, 0.05) is 24.7 Å². The first-order chi connectivity index (χ1) is 18.8. The maximum Gasteiger partial charge on any atom is 0.407 e. The third kappa shape index (κ3) is 6.38. The van der Waals surface area contributed by atoms with Gasteiger partial charge in [0.05, 0.1) is 35.4 Å². The zero-order valence-electron chi connectivity index (χ0n) is 21.9. The van der Waals surface area contributed by atoms with Crippen molar-refractivity contribution < 1.29 is 14.3 Å². The Labute approximate surface area is 225 Å². The van der Waals surface area contributed by atoms with Gasteiger partial charge >= 0.3 is 6.09 Å². The molecule has 1 aliphatic rings. The van der Waals surface area contributed by atoms with Gasteiger partial charge in [0.2, 0.25) is 0 Å². The molecule has 0 aromatic carbocycles. The summed E-state index contributed by atoms with van der Waals surface area (Å²) in [5.41, 5.74) is 2.47. The summed E-state index contributed by atoms with van der Waals surface area (Å²) in [5, 5.41) is 22.4. The number of aromatic amines is 1. The fourth-order valence-corrected chi connectivity index (χ4v) is 4.48. The average Bonchev–Trinajstić information content (AvgIpc) is 3.36. The fourth-order valence-electron chi connectivity index (χ4n) is 4.48. The van der Waals surface area contributed by atoms with Crippen LogP contribution < -0.4 is 15.4 Å². The fraction of sp³-hybridized carbons (Fsp3) is 0.370. The zero-order chi connectivity index (χ0) is 27.4. The second kappa shape index (κ2) is 10.9. The lowest BCUT2D eigenvalue weighted by Crippen LogP contribution is -2.43. The Kier molecular flexibility index (Phi) is 7.23. The molecule has 1 amide bonds. The van der Waals surface area contributed by atoms with Crippen LogP contribution in [0.3, 0.4) is 0 Å². The first-order valence-corrected chi connectivity index (χ1v) is 12.7. The van der Waals surface area contributed by atoms with Crippen molar-refractivity contribution in [3.63, 3.8) is 0 Å². The summed E-state index contributed by atoms with van der Waals surface area (Å²) in [7, 11) is 0. The number of nitriles is 1. The summed E-state index contributed by atoms with van der Waals surface area (Å²) in [6.07, 6.45) is 8.97. The van der Waals surface area contributed by atoms with Crippen LogP contribution in [0.2, 0.25) is 0 Å². The molecule has 0 spiro atoms. The number of amides is 1. The number of aromatic nitrogens is 6. The van der Waals surface area contributed by atoms with Crippen LogP contribution >= 0.6 is 0 Å². The van der Waals surface area contributed by atoms with Gasteiger partial charge in [0.1, 0.15) is 34.9 Å². The van der Waals surface area contributed by atoms with E-state index in [1.54, 1.807) is 12.4 Å². The highest BCUT2D eigenvalue weighted by atomic mass is 16.6. The number of pyridine rings is 2. The number of rotatable bonds is 6. The van der Waals surface area contributed by atoms with E-state index in [0.717, 1.165) is 30.3 Å². The first-order valence-electron chi connectivity index (χ1n) is 12.7. The van der Waals surface area contributed by atoms with E-state index in [0.29, 0.717) is 35.0 Å². The molecule has 4 aromatic heterocycles. The summed E-state index contributed by atoms with van der Waals surface area (Å²) in [6.45, 7) is 5.53. The number of hydrogen-bond acceptors (Lipinski definition) is 10. The molecule has 2 atom stereocenters. The number of alkyl carbamates (subject to hydrolysis) is 1. The summed E-state index contributed by atoms with van der Waals surface area (Å²) >= 11 is 0. The molecule has 3 N–H and O–H groups in total. The van der Waals surface area contributed by atoms with Gasteiger partial charge in [-0.15, -0.1) is 0 Å². The van der Waals surface area contributed by atoms with Crippen molar-refractivity contribution in [2.24, 2.45) is 0 Å². The van der Waals surface area contributed by atoms with Crippen molar-refractivity contribution in [1.29, 1.82) is 5.26 Å². The predicted molar refractivity (Wildman–Crippen MR) is 143 cm³/mol. The first kappa shape index (κ1) is 25.8. The molecular weight excluding hydrogens is 498 g/mol. The molecule has 1 aliphatic carbocycles. The number of hydrogen-bond donors (Lipinski definition) is 3. The van der Waals surface area contributed by atoms with Crippen molar-refractivity contribution in [1.82, 2.24) is 35.5 Å². The minimum Gasteiger partial charge on any atom is -0.488 e. The van der Waals surface area contributed by atoms with Crippen LogP contribution in [0.1, 0.15) is 52.1 Å². The van der Waals surface area contributed by atoms with Crippen molar-refractivity contribution in [3.8, 4) is 23.1 Å². The molecule has 5 rings (SSSR count). The number of nitrogens with one attached hydrogen (secondary N) is 3. The minimum absolute atomic E-state index is 0.0509. The highest BCUT2D eigenvalue weighted by Crippen LogP contribution is 2.37. The van der Waals surface area contributed by atoms with E-state index in [1.165, 1.54) is 12.4 Å². The number of anilines is 2. The second-order valence-electron chi connectivity index (χ2n) is 10.3. The molecule has 0 aliphatic heterocycles. The Balaban J connectivity index is 1.37. The maximum atomic E-state index is 12.3. The van der Waals surface area contributed by atoms with E-state index in [-0.39, 0.29) is 17.8 Å².